The number of anilines is 1. The number of hydrogen-bond acceptors (Lipinski definition) is 2. The Balaban J connectivity index is 2.04. The highest BCUT2D eigenvalue weighted by atomic mass is 35.5. The number of benzene rings is 2. The van der Waals surface area contributed by atoms with Crippen LogP contribution in [0, 0.1) is 0 Å². The van der Waals surface area contributed by atoms with Crippen molar-refractivity contribution in [3.05, 3.63) is 95.6 Å². The van der Waals surface area contributed by atoms with Gasteiger partial charge in [0.2, 0.25) is 0 Å². The van der Waals surface area contributed by atoms with Crippen LogP contribution in [-0.2, 0) is 0 Å². The molecule has 0 fully saturated rings. The first kappa shape index (κ1) is 18.5. The highest BCUT2D eigenvalue weighted by molar-refractivity contribution is 6.17. The lowest BCUT2D eigenvalue weighted by atomic mass is 9.90. The molecular weight excluding hydrogens is 340 g/mol. The number of halogens is 1. The number of likely N-dealkylation sites (N-methyl/N-ethyl adjacent to an activating group) is 1. The van der Waals surface area contributed by atoms with Crippen LogP contribution < -0.4 is 4.90 Å². The van der Waals surface area contributed by atoms with Gasteiger partial charge in [0.25, 0.3) is 0 Å². The van der Waals surface area contributed by atoms with Gasteiger partial charge < -0.3 is 4.90 Å². The van der Waals surface area contributed by atoms with E-state index >= 15 is 0 Å². The quantitative estimate of drug-likeness (QED) is 0.533. The van der Waals surface area contributed by atoms with Crippen molar-refractivity contribution in [2.75, 3.05) is 32.0 Å². The monoisotopic (exact) mass is 364 g/mol. The Bertz CT molecular complexity index is 801. The molecule has 0 radical (unpaired) electrons. The molecule has 2 aromatic carbocycles. The van der Waals surface area contributed by atoms with E-state index in [1.165, 1.54) is 28.0 Å². The lowest BCUT2D eigenvalue weighted by Crippen LogP contribution is -2.27. The Morgan fingerprint density at radius 2 is 1.42 bits per heavy atom. The minimum atomic E-state index is 0.240. The molecule has 0 heterocycles. The van der Waals surface area contributed by atoms with Crippen LogP contribution in [0.2, 0.25) is 0 Å². The zero-order valence-electron chi connectivity index (χ0n) is 15.6. The van der Waals surface area contributed by atoms with Crippen molar-refractivity contribution in [3.63, 3.8) is 0 Å². The summed E-state index contributed by atoms with van der Waals surface area (Å²) in [5, 5.41) is 0. The van der Waals surface area contributed by atoms with Gasteiger partial charge in [0.15, 0.2) is 0 Å². The van der Waals surface area contributed by atoms with Crippen LogP contribution >= 0.6 is 11.6 Å². The van der Waals surface area contributed by atoms with Gasteiger partial charge in [0, 0.05) is 25.8 Å². The predicted molar refractivity (Wildman–Crippen MR) is 114 cm³/mol. The summed E-state index contributed by atoms with van der Waals surface area (Å²) < 4.78 is 0. The number of hydrogen-bond donors (Lipinski definition) is 0. The van der Waals surface area contributed by atoms with Crippen LogP contribution in [0.4, 0.5) is 5.69 Å². The maximum Gasteiger partial charge on any atom is 0.0743 e. The summed E-state index contributed by atoms with van der Waals surface area (Å²) >= 11 is 5.96. The van der Waals surface area contributed by atoms with Crippen molar-refractivity contribution in [2.45, 2.75) is 6.04 Å². The van der Waals surface area contributed by atoms with Crippen molar-refractivity contribution < 1.29 is 0 Å². The average molecular weight is 365 g/mol. The Morgan fingerprint density at radius 3 is 1.96 bits per heavy atom. The molecule has 2 aromatic rings. The second kappa shape index (κ2) is 8.39. The van der Waals surface area contributed by atoms with Gasteiger partial charge in [0.1, 0.15) is 0 Å². The lowest BCUT2D eigenvalue weighted by molar-refractivity contribution is 0.371. The molecular formula is C23H25ClN2. The Hall–Kier alpha value is -2.29. The van der Waals surface area contributed by atoms with Gasteiger partial charge in [0.05, 0.1) is 6.00 Å². The van der Waals surface area contributed by atoms with Crippen molar-refractivity contribution in [3.8, 4) is 0 Å². The molecule has 134 valence electrons. The van der Waals surface area contributed by atoms with Gasteiger partial charge in [-0.3, -0.25) is 4.90 Å². The van der Waals surface area contributed by atoms with Crippen molar-refractivity contribution >= 4 is 22.9 Å². The van der Waals surface area contributed by atoms with Crippen LogP contribution in [0.3, 0.4) is 0 Å². The third-order valence-corrected chi connectivity index (χ3v) is 5.04. The van der Waals surface area contributed by atoms with Crippen molar-refractivity contribution in [1.29, 1.82) is 0 Å². The van der Waals surface area contributed by atoms with E-state index in [1.54, 1.807) is 0 Å². The summed E-state index contributed by atoms with van der Waals surface area (Å²) in [4.78, 5) is 4.21. The summed E-state index contributed by atoms with van der Waals surface area (Å²) in [6.45, 7) is 0. The highest BCUT2D eigenvalue weighted by Gasteiger charge is 2.14. The van der Waals surface area contributed by atoms with Crippen LogP contribution in [0.15, 0.2) is 84.5 Å². The van der Waals surface area contributed by atoms with Gasteiger partial charge in [-0.05, 0) is 41.5 Å². The normalized spacial score (nSPS) is 16.2. The van der Waals surface area contributed by atoms with E-state index < -0.39 is 0 Å². The largest absolute Gasteiger partial charge is 0.378 e. The summed E-state index contributed by atoms with van der Waals surface area (Å²) in [5.74, 6) is 0. The molecule has 0 N–H and O–H groups in total. The molecule has 3 heteroatoms. The van der Waals surface area contributed by atoms with E-state index in [0.29, 0.717) is 6.00 Å². The van der Waals surface area contributed by atoms with Gasteiger partial charge >= 0.3 is 0 Å². The van der Waals surface area contributed by atoms with E-state index in [4.69, 9.17) is 11.6 Å². The fraction of sp³-hybridized carbons (Fsp3) is 0.217. The van der Waals surface area contributed by atoms with E-state index in [1.807, 2.05) is 7.05 Å². The number of nitrogens with zero attached hydrogens (tertiary/aromatic N) is 2. The summed E-state index contributed by atoms with van der Waals surface area (Å²) in [5.41, 5.74) is 6.10. The Labute approximate surface area is 161 Å². The van der Waals surface area contributed by atoms with E-state index in [-0.39, 0.29) is 6.04 Å². The molecule has 0 bridgehead atoms. The average Bonchev–Trinajstić information content (AvgIpc) is 2.69. The molecule has 0 atom stereocenters. The summed E-state index contributed by atoms with van der Waals surface area (Å²) in [6, 6.07) is 20.0. The smallest absolute Gasteiger partial charge is 0.0743 e. The maximum absolute atomic E-state index is 5.96. The van der Waals surface area contributed by atoms with Gasteiger partial charge in [-0.15, -0.1) is 11.6 Å². The summed E-state index contributed by atoms with van der Waals surface area (Å²) in [7, 11) is 6.15. The number of rotatable bonds is 5. The Morgan fingerprint density at radius 1 is 0.846 bits per heavy atom. The number of alkyl halides is 1. The molecule has 0 saturated heterocycles. The fourth-order valence-corrected chi connectivity index (χ4v) is 3.25. The third-order valence-electron chi connectivity index (χ3n) is 4.67. The number of allylic oxidation sites excluding steroid dienone is 3. The van der Waals surface area contributed by atoms with E-state index in [0.717, 1.165) is 0 Å². The zero-order chi connectivity index (χ0) is 18.5. The lowest BCUT2D eigenvalue weighted by Gasteiger charge is -2.23. The van der Waals surface area contributed by atoms with Crippen molar-refractivity contribution in [1.82, 2.24) is 4.90 Å². The molecule has 26 heavy (non-hydrogen) atoms. The molecule has 0 unspecified atom stereocenters. The minimum Gasteiger partial charge on any atom is -0.378 e. The fourth-order valence-electron chi connectivity index (χ4n) is 3.10. The first-order chi connectivity index (χ1) is 12.6. The molecule has 1 aliphatic carbocycles. The zero-order valence-corrected chi connectivity index (χ0v) is 16.3. The summed E-state index contributed by atoms with van der Waals surface area (Å²) in [6.07, 6.45) is 8.81. The molecule has 0 spiro atoms. The predicted octanol–water partition coefficient (Wildman–Crippen LogP) is 5.18. The molecule has 0 saturated carbocycles. The first-order valence-corrected chi connectivity index (χ1v) is 9.33. The van der Waals surface area contributed by atoms with Crippen LogP contribution in [0.1, 0.15) is 11.1 Å². The second-order valence-electron chi connectivity index (χ2n) is 6.72. The van der Waals surface area contributed by atoms with Gasteiger partial charge in [-0.25, -0.2) is 0 Å². The van der Waals surface area contributed by atoms with Crippen LogP contribution in [0.25, 0.3) is 5.57 Å². The van der Waals surface area contributed by atoms with Crippen molar-refractivity contribution in [2.24, 2.45) is 0 Å². The van der Waals surface area contributed by atoms with Crippen LogP contribution in [-0.4, -0.2) is 38.1 Å². The molecule has 1 aliphatic rings. The van der Waals surface area contributed by atoms with Gasteiger partial charge in [-0.1, -0.05) is 66.8 Å². The molecule has 0 aromatic heterocycles. The van der Waals surface area contributed by atoms with Crippen LogP contribution in [0.5, 0.6) is 0 Å². The minimum absolute atomic E-state index is 0.240. The van der Waals surface area contributed by atoms with E-state index in [9.17, 15) is 0 Å². The highest BCUT2D eigenvalue weighted by Crippen LogP contribution is 2.31. The molecule has 3 rings (SSSR count). The van der Waals surface area contributed by atoms with E-state index in [2.05, 4.69) is 103 Å². The topological polar surface area (TPSA) is 6.48 Å². The second-order valence-corrected chi connectivity index (χ2v) is 6.96. The molecule has 2 nitrogen and oxygen atoms in total. The standard InChI is InChI=1S/C23H25ClN2/c1-25(2)21-13-9-19(10-14-21)23(18-7-5-4-6-8-18)20-11-15-22(16-12-20)26(3)17-24/h4-16,22H,17H2,1-3H3. The third kappa shape index (κ3) is 4.09. The molecule has 0 amide bonds. The van der Waals surface area contributed by atoms with Gasteiger partial charge in [-0.2, -0.15) is 0 Å². The maximum atomic E-state index is 5.96. The molecule has 0 aliphatic heterocycles. The Kier molecular flexibility index (Phi) is 5.97. The SMILES string of the molecule is CN(C)c1ccc(C(=C2C=CC(N(C)CCl)C=C2)c2ccccc2)cc1. The first-order valence-electron chi connectivity index (χ1n) is 8.80.